The lowest BCUT2D eigenvalue weighted by Gasteiger charge is -2.38. The molecule has 11 heteroatoms. The van der Waals surface area contributed by atoms with Gasteiger partial charge in [0.05, 0.1) is 0 Å². The fraction of sp³-hybridized carbons (Fsp3) is 0.650. The molecule has 0 amide bonds. The van der Waals surface area contributed by atoms with Crippen molar-refractivity contribution in [2.45, 2.75) is 77.5 Å². The van der Waals surface area contributed by atoms with Gasteiger partial charge in [0.1, 0.15) is 12.0 Å². The molecule has 0 saturated carbocycles. The summed E-state index contributed by atoms with van der Waals surface area (Å²) in [5.41, 5.74) is 0. The zero-order chi connectivity index (χ0) is 23.6. The van der Waals surface area contributed by atoms with Crippen molar-refractivity contribution in [1.29, 1.82) is 0 Å². The molecule has 0 bridgehead atoms. The van der Waals surface area contributed by atoms with Crippen LogP contribution in [0.15, 0.2) is 12.2 Å². The van der Waals surface area contributed by atoms with Crippen LogP contribution in [0.3, 0.4) is 0 Å². The van der Waals surface area contributed by atoms with Crippen LogP contribution in [0.2, 0.25) is 0 Å². The zero-order valence-electron chi connectivity index (χ0n) is 17.8. The fourth-order valence-electron chi connectivity index (χ4n) is 3.03. The minimum Gasteiger partial charge on any atom is -0.457 e. The molecule has 174 valence electrons. The van der Waals surface area contributed by atoms with Crippen molar-refractivity contribution in [3.05, 3.63) is 12.2 Å². The summed E-state index contributed by atoms with van der Waals surface area (Å²) in [6.07, 6.45) is -2.50. The van der Waals surface area contributed by atoms with Gasteiger partial charge in [0.25, 0.3) is 0 Å². The number of hydrogen-bond donors (Lipinski definition) is 0. The van der Waals surface area contributed by atoms with Crippen molar-refractivity contribution >= 4 is 41.4 Å². The molecule has 0 N–H and O–H groups in total. The summed E-state index contributed by atoms with van der Waals surface area (Å²) < 4.78 is 26.5. The first-order valence-corrected chi connectivity index (χ1v) is 10.3. The van der Waals surface area contributed by atoms with Gasteiger partial charge in [-0.2, -0.15) is 0 Å². The number of carbonyl (C=O) groups is 5. The van der Waals surface area contributed by atoms with Crippen LogP contribution < -0.4 is 0 Å². The van der Waals surface area contributed by atoms with E-state index in [-0.39, 0.29) is 6.42 Å². The lowest BCUT2D eigenvalue weighted by atomic mass is 9.94. The maximum Gasteiger partial charge on any atom is 0.331 e. The summed E-state index contributed by atoms with van der Waals surface area (Å²) in [4.78, 5) is 59.0. The summed E-state index contributed by atoms with van der Waals surface area (Å²) in [5.74, 6) is -4.24. The average molecular weight is 463 g/mol. The Bertz CT molecular complexity index is 704. The molecule has 1 aliphatic heterocycles. The molecule has 1 aliphatic rings. The molecule has 1 rings (SSSR count). The third-order valence-corrected chi connectivity index (χ3v) is 4.37. The Kier molecular flexibility index (Phi) is 11.0. The molecule has 0 aliphatic carbocycles. The summed E-state index contributed by atoms with van der Waals surface area (Å²) >= 11 is 5.55. The minimum absolute atomic E-state index is 0.240. The van der Waals surface area contributed by atoms with Crippen molar-refractivity contribution in [3.63, 3.8) is 0 Å². The number of alkyl halides is 1. The van der Waals surface area contributed by atoms with E-state index in [1.165, 1.54) is 6.08 Å². The van der Waals surface area contributed by atoms with Gasteiger partial charge in [0.15, 0.2) is 24.4 Å². The smallest absolute Gasteiger partial charge is 0.331 e. The van der Waals surface area contributed by atoms with E-state index in [9.17, 15) is 24.0 Å². The molecule has 0 aromatic heterocycles. The van der Waals surface area contributed by atoms with E-state index in [2.05, 4.69) is 0 Å². The SMILES string of the molecule is CCCC[C@H](OC(=O)CCl)[C@@H](OC(C)=O)[C@H](OC(C)=O)[C@@H]1OC(=O)C=C[C@@H]1OC(C)=O. The van der Waals surface area contributed by atoms with Crippen LogP contribution in [-0.2, 0) is 47.7 Å². The van der Waals surface area contributed by atoms with Gasteiger partial charge in [-0.1, -0.05) is 13.3 Å². The Hall–Kier alpha value is -2.62. The lowest BCUT2D eigenvalue weighted by Crippen LogP contribution is -2.56. The number of esters is 5. The van der Waals surface area contributed by atoms with Crippen LogP contribution in [0.25, 0.3) is 0 Å². The quantitative estimate of drug-likeness (QED) is 0.253. The molecule has 1 heterocycles. The molecule has 5 atom stereocenters. The first-order chi connectivity index (χ1) is 14.6. The van der Waals surface area contributed by atoms with Crippen molar-refractivity contribution < 1.29 is 47.7 Å². The lowest BCUT2D eigenvalue weighted by molar-refractivity contribution is -0.208. The first-order valence-electron chi connectivity index (χ1n) is 9.74. The van der Waals surface area contributed by atoms with Gasteiger partial charge < -0.3 is 23.7 Å². The van der Waals surface area contributed by atoms with E-state index in [1.54, 1.807) is 0 Å². The van der Waals surface area contributed by atoms with E-state index >= 15 is 0 Å². The highest BCUT2D eigenvalue weighted by atomic mass is 35.5. The van der Waals surface area contributed by atoms with Gasteiger partial charge in [-0.25, -0.2) is 4.79 Å². The molecule has 0 unspecified atom stereocenters. The Morgan fingerprint density at radius 3 is 2.23 bits per heavy atom. The monoisotopic (exact) mass is 462 g/mol. The van der Waals surface area contributed by atoms with E-state index in [1.807, 2.05) is 6.92 Å². The third-order valence-electron chi connectivity index (χ3n) is 4.15. The molecule has 31 heavy (non-hydrogen) atoms. The Balaban J connectivity index is 3.43. The standard InChI is InChI=1S/C20H27ClO10/c1-5-6-7-14(30-17(26)10-21)18(28-12(3)23)20(29-13(4)24)19-15(27-11(2)22)8-9-16(25)31-19/h8-9,14-15,18-20H,5-7,10H2,1-4H3/t14-,15-,18+,19+,20-/m0/s1. The number of carbonyl (C=O) groups excluding carboxylic acids is 5. The normalized spacial score (nSPS) is 20.6. The van der Waals surface area contributed by atoms with Gasteiger partial charge in [0.2, 0.25) is 0 Å². The fourth-order valence-corrected chi connectivity index (χ4v) is 3.09. The predicted octanol–water partition coefficient (Wildman–Crippen LogP) is 1.60. The Morgan fingerprint density at radius 2 is 1.71 bits per heavy atom. The van der Waals surface area contributed by atoms with Crippen LogP contribution in [0.4, 0.5) is 0 Å². The maximum absolute atomic E-state index is 11.9. The van der Waals surface area contributed by atoms with Crippen LogP contribution in [0.5, 0.6) is 0 Å². The third kappa shape index (κ3) is 8.95. The zero-order valence-corrected chi connectivity index (χ0v) is 18.6. The molecule has 0 saturated heterocycles. The van der Waals surface area contributed by atoms with Crippen LogP contribution in [0.1, 0.15) is 47.0 Å². The van der Waals surface area contributed by atoms with Gasteiger partial charge in [-0.15, -0.1) is 11.6 Å². The highest BCUT2D eigenvalue weighted by molar-refractivity contribution is 6.26. The van der Waals surface area contributed by atoms with Crippen LogP contribution in [0, 0.1) is 0 Å². The highest BCUT2D eigenvalue weighted by Gasteiger charge is 2.47. The largest absolute Gasteiger partial charge is 0.457 e. The molecule has 0 radical (unpaired) electrons. The molecular formula is C20H27ClO10. The van der Waals surface area contributed by atoms with Crippen LogP contribution in [-0.4, -0.2) is 66.2 Å². The van der Waals surface area contributed by atoms with Gasteiger partial charge in [-0.05, 0) is 18.9 Å². The van der Waals surface area contributed by atoms with Crippen LogP contribution >= 0.6 is 11.6 Å². The van der Waals surface area contributed by atoms with Gasteiger partial charge in [0, 0.05) is 26.8 Å². The molecule has 10 nitrogen and oxygen atoms in total. The second-order valence-electron chi connectivity index (χ2n) is 6.79. The second kappa shape index (κ2) is 12.9. The number of cyclic esters (lactones) is 1. The summed E-state index contributed by atoms with van der Waals surface area (Å²) in [5, 5.41) is 0. The van der Waals surface area contributed by atoms with E-state index in [0.717, 1.165) is 33.3 Å². The summed E-state index contributed by atoms with van der Waals surface area (Å²) in [6, 6.07) is 0. The number of hydrogen-bond acceptors (Lipinski definition) is 10. The van der Waals surface area contributed by atoms with Crippen molar-refractivity contribution in [3.8, 4) is 0 Å². The predicted molar refractivity (Wildman–Crippen MR) is 106 cm³/mol. The minimum atomic E-state index is -1.44. The number of ether oxygens (including phenoxy) is 5. The number of unbranched alkanes of at least 4 members (excludes halogenated alkanes) is 1. The van der Waals surface area contributed by atoms with Gasteiger partial charge >= 0.3 is 29.8 Å². The van der Waals surface area contributed by atoms with Gasteiger partial charge in [-0.3, -0.25) is 19.2 Å². The van der Waals surface area contributed by atoms with E-state index < -0.39 is 66.2 Å². The molecule has 0 spiro atoms. The van der Waals surface area contributed by atoms with E-state index in [0.29, 0.717) is 6.42 Å². The van der Waals surface area contributed by atoms with Crippen molar-refractivity contribution in [2.75, 3.05) is 5.88 Å². The summed E-state index contributed by atoms with van der Waals surface area (Å²) in [6.45, 7) is 5.27. The molecule has 0 aromatic rings. The molecule has 0 fully saturated rings. The second-order valence-corrected chi connectivity index (χ2v) is 7.05. The molecule has 0 aromatic carbocycles. The molecular weight excluding hydrogens is 436 g/mol. The Morgan fingerprint density at radius 1 is 1.06 bits per heavy atom. The van der Waals surface area contributed by atoms with Crippen molar-refractivity contribution in [2.24, 2.45) is 0 Å². The van der Waals surface area contributed by atoms with E-state index in [4.69, 9.17) is 35.3 Å². The number of rotatable bonds is 11. The number of halogens is 1. The first kappa shape index (κ1) is 26.4. The van der Waals surface area contributed by atoms with Crippen molar-refractivity contribution in [1.82, 2.24) is 0 Å². The maximum atomic E-state index is 11.9. The Labute approximate surface area is 185 Å². The topological polar surface area (TPSA) is 132 Å². The average Bonchev–Trinajstić information content (AvgIpc) is 2.68. The highest BCUT2D eigenvalue weighted by Crippen LogP contribution is 2.27. The summed E-state index contributed by atoms with van der Waals surface area (Å²) in [7, 11) is 0.